The van der Waals surface area contributed by atoms with Crippen molar-refractivity contribution in [2.45, 2.75) is 25.3 Å². The smallest absolute Gasteiger partial charge is 0.302 e. The molecular formula is C12H15BrF2N2O3S. The highest BCUT2D eigenvalue weighted by atomic mass is 79.9. The number of nitrogens with zero attached hydrogens (tertiary/aromatic N) is 1. The van der Waals surface area contributed by atoms with Crippen molar-refractivity contribution in [2.24, 2.45) is 0 Å². The standard InChI is InChI=1S/C12H15BrF2N2O3S/c13-9-5-11(15)12(6-10(9)14)16-21(19,20)17-4-2-1-3-8(17)7-18/h5-6,8,16,18H,1-4,7H2. The van der Waals surface area contributed by atoms with E-state index in [1.165, 1.54) is 0 Å². The molecule has 118 valence electrons. The molecule has 0 spiro atoms. The lowest BCUT2D eigenvalue weighted by molar-refractivity contribution is 0.156. The minimum atomic E-state index is -4.05. The van der Waals surface area contributed by atoms with Gasteiger partial charge in [-0.05, 0) is 34.8 Å². The third-order valence-corrected chi connectivity index (χ3v) is 5.53. The van der Waals surface area contributed by atoms with Crippen LogP contribution in [0.15, 0.2) is 16.6 Å². The molecule has 0 radical (unpaired) electrons. The third-order valence-electron chi connectivity index (χ3n) is 3.34. The summed E-state index contributed by atoms with van der Waals surface area (Å²) in [7, 11) is -4.05. The zero-order chi connectivity index (χ0) is 15.6. The second kappa shape index (κ2) is 6.55. The maximum Gasteiger partial charge on any atom is 0.302 e. The van der Waals surface area contributed by atoms with Crippen LogP contribution in [0.5, 0.6) is 0 Å². The van der Waals surface area contributed by atoms with E-state index in [1.807, 2.05) is 4.72 Å². The van der Waals surface area contributed by atoms with Crippen molar-refractivity contribution in [1.29, 1.82) is 0 Å². The summed E-state index contributed by atoms with van der Waals surface area (Å²) in [5.74, 6) is -1.66. The number of anilines is 1. The zero-order valence-electron chi connectivity index (χ0n) is 11.0. The van der Waals surface area contributed by atoms with Gasteiger partial charge >= 0.3 is 10.2 Å². The summed E-state index contributed by atoms with van der Waals surface area (Å²) in [5, 5.41) is 9.25. The van der Waals surface area contributed by atoms with E-state index in [-0.39, 0.29) is 17.6 Å². The highest BCUT2D eigenvalue weighted by Gasteiger charge is 2.32. The summed E-state index contributed by atoms with van der Waals surface area (Å²) in [6.07, 6.45) is 2.02. The van der Waals surface area contributed by atoms with Gasteiger partial charge in [-0.1, -0.05) is 6.42 Å². The third kappa shape index (κ3) is 3.71. The molecule has 0 aliphatic carbocycles. The monoisotopic (exact) mass is 384 g/mol. The van der Waals surface area contributed by atoms with Gasteiger partial charge in [-0.15, -0.1) is 0 Å². The first-order valence-electron chi connectivity index (χ1n) is 6.40. The Morgan fingerprint density at radius 2 is 2.05 bits per heavy atom. The topological polar surface area (TPSA) is 69.6 Å². The molecule has 0 amide bonds. The van der Waals surface area contributed by atoms with Gasteiger partial charge in [0.25, 0.3) is 0 Å². The van der Waals surface area contributed by atoms with Gasteiger partial charge in [0.15, 0.2) is 0 Å². The van der Waals surface area contributed by atoms with Gasteiger partial charge in [-0.2, -0.15) is 12.7 Å². The Balaban J connectivity index is 2.26. The van der Waals surface area contributed by atoms with Crippen LogP contribution < -0.4 is 4.72 Å². The van der Waals surface area contributed by atoms with E-state index in [9.17, 15) is 22.3 Å². The van der Waals surface area contributed by atoms with Crippen molar-refractivity contribution in [3.63, 3.8) is 0 Å². The molecule has 9 heteroatoms. The highest BCUT2D eigenvalue weighted by molar-refractivity contribution is 9.10. The van der Waals surface area contributed by atoms with Crippen LogP contribution in [0.2, 0.25) is 0 Å². The fourth-order valence-electron chi connectivity index (χ4n) is 2.27. The van der Waals surface area contributed by atoms with Gasteiger partial charge in [-0.25, -0.2) is 8.78 Å². The molecule has 1 aliphatic heterocycles. The Kier molecular flexibility index (Phi) is 5.18. The fourth-order valence-corrected chi connectivity index (χ4v) is 4.07. The van der Waals surface area contributed by atoms with Crippen LogP contribution in [0.1, 0.15) is 19.3 Å². The predicted octanol–water partition coefficient (Wildman–Crippen LogP) is 2.23. The first kappa shape index (κ1) is 16.6. The molecule has 1 unspecified atom stereocenters. The lowest BCUT2D eigenvalue weighted by Crippen LogP contribution is -2.48. The van der Waals surface area contributed by atoms with Crippen molar-refractivity contribution in [3.8, 4) is 0 Å². The van der Waals surface area contributed by atoms with Crippen LogP contribution in [-0.4, -0.2) is 37.0 Å². The van der Waals surface area contributed by atoms with Gasteiger partial charge in [0.05, 0.1) is 16.8 Å². The molecule has 1 atom stereocenters. The van der Waals surface area contributed by atoms with Crippen LogP contribution in [0.25, 0.3) is 0 Å². The largest absolute Gasteiger partial charge is 0.395 e. The summed E-state index contributed by atoms with van der Waals surface area (Å²) < 4.78 is 54.7. The molecule has 1 aliphatic rings. The molecule has 0 aromatic heterocycles. The molecule has 1 aromatic rings. The Bertz CT molecular complexity index is 627. The molecule has 21 heavy (non-hydrogen) atoms. The Hall–Kier alpha value is -0.770. The van der Waals surface area contributed by atoms with Crippen molar-refractivity contribution >= 4 is 31.8 Å². The van der Waals surface area contributed by atoms with E-state index in [2.05, 4.69) is 15.9 Å². The molecule has 1 fully saturated rings. The number of hydrogen-bond acceptors (Lipinski definition) is 3. The molecule has 5 nitrogen and oxygen atoms in total. The van der Waals surface area contributed by atoms with Crippen molar-refractivity contribution < 1.29 is 22.3 Å². The van der Waals surface area contributed by atoms with Crippen LogP contribution >= 0.6 is 15.9 Å². The van der Waals surface area contributed by atoms with Crippen molar-refractivity contribution in [1.82, 2.24) is 4.31 Å². The number of hydrogen-bond donors (Lipinski definition) is 2. The summed E-state index contributed by atoms with van der Waals surface area (Å²) in [6, 6.07) is 1.08. The average molecular weight is 385 g/mol. The van der Waals surface area contributed by atoms with Gasteiger partial charge in [0.1, 0.15) is 11.6 Å². The van der Waals surface area contributed by atoms with Crippen LogP contribution in [0, 0.1) is 11.6 Å². The minimum absolute atomic E-state index is 0.0887. The zero-order valence-corrected chi connectivity index (χ0v) is 13.4. The Labute approximate surface area is 130 Å². The number of aliphatic hydroxyl groups is 1. The number of rotatable bonds is 4. The maximum atomic E-state index is 13.7. The molecule has 1 heterocycles. The SMILES string of the molecule is O=S(=O)(Nc1cc(F)c(Br)cc1F)N1CCCCC1CO. The number of halogens is 3. The van der Waals surface area contributed by atoms with Crippen molar-refractivity contribution in [3.05, 3.63) is 28.2 Å². The molecule has 1 aromatic carbocycles. The van der Waals surface area contributed by atoms with Crippen LogP contribution in [0.3, 0.4) is 0 Å². The van der Waals surface area contributed by atoms with E-state index in [1.54, 1.807) is 0 Å². The van der Waals surface area contributed by atoms with E-state index in [0.717, 1.165) is 22.9 Å². The summed E-state index contributed by atoms with van der Waals surface area (Å²) in [5.41, 5.74) is -0.460. The molecular weight excluding hydrogens is 370 g/mol. The lowest BCUT2D eigenvalue weighted by Gasteiger charge is -2.33. The first-order valence-corrected chi connectivity index (χ1v) is 8.63. The Morgan fingerprint density at radius 3 is 2.71 bits per heavy atom. The fraction of sp³-hybridized carbons (Fsp3) is 0.500. The van der Waals surface area contributed by atoms with Gasteiger partial charge < -0.3 is 5.11 Å². The van der Waals surface area contributed by atoms with Gasteiger partial charge in [0.2, 0.25) is 0 Å². The molecule has 1 saturated heterocycles. The molecule has 0 bridgehead atoms. The van der Waals surface area contributed by atoms with Crippen LogP contribution in [0.4, 0.5) is 14.5 Å². The predicted molar refractivity (Wildman–Crippen MR) is 78.0 cm³/mol. The maximum absolute atomic E-state index is 13.7. The second-order valence-corrected chi connectivity index (χ2v) is 7.27. The van der Waals surface area contributed by atoms with E-state index in [4.69, 9.17) is 0 Å². The second-order valence-electron chi connectivity index (χ2n) is 4.80. The van der Waals surface area contributed by atoms with Gasteiger partial charge in [-0.3, -0.25) is 4.72 Å². The normalized spacial score (nSPS) is 20.5. The lowest BCUT2D eigenvalue weighted by atomic mass is 10.1. The van der Waals surface area contributed by atoms with E-state index in [0.29, 0.717) is 12.8 Å². The number of nitrogens with one attached hydrogen (secondary N) is 1. The van der Waals surface area contributed by atoms with E-state index >= 15 is 0 Å². The number of aliphatic hydroxyl groups excluding tert-OH is 1. The average Bonchev–Trinajstić information content (AvgIpc) is 2.44. The highest BCUT2D eigenvalue weighted by Crippen LogP contribution is 2.26. The number of piperidine rings is 1. The minimum Gasteiger partial charge on any atom is -0.395 e. The first-order chi connectivity index (χ1) is 9.85. The summed E-state index contributed by atoms with van der Waals surface area (Å²) in [6.45, 7) is -0.0702. The quantitative estimate of drug-likeness (QED) is 0.782. The van der Waals surface area contributed by atoms with Gasteiger partial charge in [0, 0.05) is 18.7 Å². The number of benzene rings is 1. The molecule has 0 saturated carbocycles. The molecule has 2 rings (SSSR count). The molecule has 2 N–H and O–H groups in total. The van der Waals surface area contributed by atoms with Crippen molar-refractivity contribution in [2.75, 3.05) is 17.9 Å². The summed E-state index contributed by atoms with van der Waals surface area (Å²) in [4.78, 5) is 0. The van der Waals surface area contributed by atoms with Crippen LogP contribution in [-0.2, 0) is 10.2 Å². The Morgan fingerprint density at radius 1 is 1.33 bits per heavy atom. The summed E-state index contributed by atoms with van der Waals surface area (Å²) >= 11 is 2.82. The van der Waals surface area contributed by atoms with E-state index < -0.39 is 33.6 Å².